The molecule has 0 aliphatic carbocycles. The first kappa shape index (κ1) is 15.0. The zero-order valence-corrected chi connectivity index (χ0v) is 13.7. The Morgan fingerprint density at radius 1 is 1.33 bits per heavy atom. The first-order valence-corrected chi connectivity index (χ1v) is 8.65. The summed E-state index contributed by atoms with van der Waals surface area (Å²) >= 11 is 7.74. The minimum absolute atomic E-state index is 0.167. The van der Waals surface area contributed by atoms with Gasteiger partial charge in [0.05, 0.1) is 17.0 Å². The van der Waals surface area contributed by atoms with Crippen molar-refractivity contribution < 1.29 is 4.74 Å². The average molecular weight is 322 g/mol. The molecule has 0 saturated heterocycles. The summed E-state index contributed by atoms with van der Waals surface area (Å²) < 4.78 is 6.89. The summed E-state index contributed by atoms with van der Waals surface area (Å²) in [6.07, 6.45) is 2.13. The SMILES string of the molecule is CCNC(CC1OCCc2ccccc21)c1ccc(Cl)s1. The van der Waals surface area contributed by atoms with Gasteiger partial charge in [-0.3, -0.25) is 0 Å². The number of thiophene rings is 1. The lowest BCUT2D eigenvalue weighted by molar-refractivity contribution is 0.0297. The summed E-state index contributed by atoms with van der Waals surface area (Å²) in [5, 5.41) is 3.56. The molecule has 0 bridgehead atoms. The largest absolute Gasteiger partial charge is 0.373 e. The Labute approximate surface area is 135 Å². The van der Waals surface area contributed by atoms with Gasteiger partial charge in [0.25, 0.3) is 0 Å². The lowest BCUT2D eigenvalue weighted by atomic mass is 9.93. The van der Waals surface area contributed by atoms with Crippen molar-refractivity contribution >= 4 is 22.9 Å². The van der Waals surface area contributed by atoms with Gasteiger partial charge in [0.2, 0.25) is 0 Å². The Balaban J connectivity index is 1.80. The highest BCUT2D eigenvalue weighted by molar-refractivity contribution is 7.16. The third kappa shape index (κ3) is 3.49. The lowest BCUT2D eigenvalue weighted by Crippen LogP contribution is -2.25. The molecule has 1 aliphatic rings. The van der Waals surface area contributed by atoms with E-state index in [1.807, 2.05) is 6.07 Å². The fraction of sp³-hybridized carbons (Fsp3) is 0.412. The van der Waals surface area contributed by atoms with Crippen LogP contribution in [0.3, 0.4) is 0 Å². The summed E-state index contributed by atoms with van der Waals surface area (Å²) in [7, 11) is 0. The fourth-order valence-corrected chi connectivity index (χ4v) is 4.10. The summed E-state index contributed by atoms with van der Waals surface area (Å²) in [6.45, 7) is 3.89. The zero-order chi connectivity index (χ0) is 14.7. The predicted molar refractivity (Wildman–Crippen MR) is 89.2 cm³/mol. The second-order valence-electron chi connectivity index (χ2n) is 5.30. The zero-order valence-electron chi connectivity index (χ0n) is 12.1. The van der Waals surface area contributed by atoms with Gasteiger partial charge in [-0.25, -0.2) is 0 Å². The second kappa shape index (κ2) is 6.93. The van der Waals surface area contributed by atoms with E-state index < -0.39 is 0 Å². The van der Waals surface area contributed by atoms with Gasteiger partial charge in [0, 0.05) is 10.9 Å². The Morgan fingerprint density at radius 3 is 2.95 bits per heavy atom. The molecule has 2 nitrogen and oxygen atoms in total. The molecule has 0 fully saturated rings. The van der Waals surface area contributed by atoms with Crippen LogP contribution in [0.4, 0.5) is 0 Å². The highest BCUT2D eigenvalue weighted by Crippen LogP contribution is 2.37. The smallest absolute Gasteiger partial charge is 0.0931 e. The maximum absolute atomic E-state index is 6.09. The molecular weight excluding hydrogens is 302 g/mol. The monoisotopic (exact) mass is 321 g/mol. The van der Waals surface area contributed by atoms with Crippen molar-refractivity contribution in [3.63, 3.8) is 0 Å². The number of hydrogen-bond acceptors (Lipinski definition) is 3. The normalized spacial score (nSPS) is 19.2. The van der Waals surface area contributed by atoms with Gasteiger partial charge in [-0.15, -0.1) is 11.3 Å². The molecule has 1 aromatic carbocycles. The second-order valence-corrected chi connectivity index (χ2v) is 7.04. The van der Waals surface area contributed by atoms with E-state index in [-0.39, 0.29) is 6.10 Å². The molecule has 3 rings (SSSR count). The van der Waals surface area contributed by atoms with Crippen LogP contribution in [0.5, 0.6) is 0 Å². The Bertz CT molecular complexity index is 598. The number of benzene rings is 1. The first-order valence-electron chi connectivity index (χ1n) is 7.46. The summed E-state index contributed by atoms with van der Waals surface area (Å²) in [4.78, 5) is 1.29. The van der Waals surface area contributed by atoms with Crippen LogP contribution >= 0.6 is 22.9 Å². The molecular formula is C17H20ClNOS. The summed E-state index contributed by atoms with van der Waals surface area (Å²) in [6, 6.07) is 13.0. The van der Waals surface area contributed by atoms with Gasteiger partial charge in [-0.05, 0) is 42.6 Å². The summed E-state index contributed by atoms with van der Waals surface area (Å²) in [5.41, 5.74) is 2.77. The third-order valence-corrected chi connectivity index (χ3v) is 5.27. The van der Waals surface area contributed by atoms with E-state index in [2.05, 4.69) is 42.6 Å². The molecule has 0 saturated carbocycles. The van der Waals surface area contributed by atoms with Crippen LogP contribution in [-0.2, 0) is 11.2 Å². The van der Waals surface area contributed by atoms with Crippen LogP contribution < -0.4 is 5.32 Å². The standard InChI is InChI=1S/C17H20ClNOS/c1-2-19-14(16-7-8-17(18)21-16)11-15-13-6-4-3-5-12(13)9-10-20-15/h3-8,14-15,19H,2,9-11H2,1H3. The molecule has 0 amide bonds. The van der Waals surface area contributed by atoms with E-state index in [0.717, 1.165) is 30.3 Å². The van der Waals surface area contributed by atoms with Crippen LogP contribution in [-0.4, -0.2) is 13.2 Å². The van der Waals surface area contributed by atoms with Crippen LogP contribution in [0.25, 0.3) is 0 Å². The van der Waals surface area contributed by atoms with E-state index in [0.29, 0.717) is 6.04 Å². The fourth-order valence-electron chi connectivity index (χ4n) is 2.95. The van der Waals surface area contributed by atoms with E-state index in [4.69, 9.17) is 16.3 Å². The number of hydrogen-bond donors (Lipinski definition) is 1. The maximum Gasteiger partial charge on any atom is 0.0931 e. The summed E-state index contributed by atoms with van der Waals surface area (Å²) in [5.74, 6) is 0. The number of ether oxygens (including phenoxy) is 1. The molecule has 2 aromatic rings. The maximum atomic E-state index is 6.09. The molecule has 21 heavy (non-hydrogen) atoms. The number of rotatable bonds is 5. The highest BCUT2D eigenvalue weighted by Gasteiger charge is 2.25. The van der Waals surface area contributed by atoms with Gasteiger partial charge >= 0.3 is 0 Å². The highest BCUT2D eigenvalue weighted by atomic mass is 35.5. The number of fused-ring (bicyclic) bond motifs is 1. The van der Waals surface area contributed by atoms with Gasteiger partial charge in [0.1, 0.15) is 0 Å². The van der Waals surface area contributed by atoms with Gasteiger partial charge in [-0.1, -0.05) is 42.8 Å². The molecule has 2 unspecified atom stereocenters. The average Bonchev–Trinajstić information content (AvgIpc) is 2.94. The van der Waals surface area contributed by atoms with Crippen molar-refractivity contribution in [2.75, 3.05) is 13.2 Å². The number of halogens is 1. The Hall–Kier alpha value is -0.870. The lowest BCUT2D eigenvalue weighted by Gasteiger charge is -2.29. The molecule has 112 valence electrons. The molecule has 0 radical (unpaired) electrons. The van der Waals surface area contributed by atoms with E-state index >= 15 is 0 Å². The van der Waals surface area contributed by atoms with Crippen LogP contribution in [0.1, 0.15) is 41.5 Å². The molecule has 0 spiro atoms. The van der Waals surface area contributed by atoms with Gasteiger partial charge in [-0.2, -0.15) is 0 Å². The van der Waals surface area contributed by atoms with Crippen molar-refractivity contribution in [1.29, 1.82) is 0 Å². The topological polar surface area (TPSA) is 21.3 Å². The van der Waals surface area contributed by atoms with Crippen molar-refractivity contribution in [1.82, 2.24) is 5.32 Å². The molecule has 1 aliphatic heterocycles. The predicted octanol–water partition coefficient (Wildman–Crippen LogP) is 4.76. The van der Waals surface area contributed by atoms with E-state index in [1.54, 1.807) is 11.3 Å². The van der Waals surface area contributed by atoms with Gasteiger partial charge < -0.3 is 10.1 Å². The third-order valence-electron chi connectivity index (χ3n) is 3.93. The van der Waals surface area contributed by atoms with Crippen molar-refractivity contribution in [3.8, 4) is 0 Å². The van der Waals surface area contributed by atoms with E-state index in [9.17, 15) is 0 Å². The molecule has 4 heteroatoms. The molecule has 1 N–H and O–H groups in total. The Morgan fingerprint density at radius 2 is 2.19 bits per heavy atom. The van der Waals surface area contributed by atoms with Crippen molar-refractivity contribution in [2.45, 2.75) is 31.9 Å². The van der Waals surface area contributed by atoms with E-state index in [1.165, 1.54) is 16.0 Å². The quantitative estimate of drug-likeness (QED) is 0.857. The molecule has 2 atom stereocenters. The number of nitrogens with one attached hydrogen (secondary N) is 1. The molecule has 2 heterocycles. The van der Waals surface area contributed by atoms with Crippen LogP contribution in [0.2, 0.25) is 4.34 Å². The van der Waals surface area contributed by atoms with Crippen molar-refractivity contribution in [2.24, 2.45) is 0 Å². The minimum atomic E-state index is 0.167. The first-order chi connectivity index (χ1) is 10.3. The molecule has 1 aromatic heterocycles. The van der Waals surface area contributed by atoms with Crippen molar-refractivity contribution in [3.05, 3.63) is 56.7 Å². The minimum Gasteiger partial charge on any atom is -0.373 e. The Kier molecular flexibility index (Phi) is 4.96. The van der Waals surface area contributed by atoms with Crippen LogP contribution in [0.15, 0.2) is 36.4 Å². The van der Waals surface area contributed by atoms with Crippen LogP contribution in [0, 0.1) is 0 Å². The van der Waals surface area contributed by atoms with Gasteiger partial charge in [0.15, 0.2) is 0 Å².